The van der Waals surface area contributed by atoms with Crippen LogP contribution in [-0.2, 0) is 11.2 Å². The van der Waals surface area contributed by atoms with Crippen LogP contribution in [0.15, 0.2) is 36.7 Å². The minimum atomic E-state index is -0.845. The predicted octanol–water partition coefficient (Wildman–Crippen LogP) is 2.10. The van der Waals surface area contributed by atoms with E-state index in [0.29, 0.717) is 5.56 Å². The van der Waals surface area contributed by atoms with E-state index in [2.05, 4.69) is 27.7 Å². The maximum Gasteiger partial charge on any atom is 0.307 e. The van der Waals surface area contributed by atoms with Crippen molar-refractivity contribution in [1.29, 1.82) is 0 Å². The van der Waals surface area contributed by atoms with Crippen LogP contribution in [-0.4, -0.2) is 20.9 Å². The SMILES string of the molecule is O=C(O)Cc1cnn(-c2ccc(I)cc2)c1. The second-order valence-electron chi connectivity index (χ2n) is 3.34. The predicted molar refractivity (Wildman–Crippen MR) is 67.6 cm³/mol. The van der Waals surface area contributed by atoms with Gasteiger partial charge in [-0.3, -0.25) is 4.79 Å². The van der Waals surface area contributed by atoms with Crippen LogP contribution in [0.2, 0.25) is 0 Å². The molecule has 0 radical (unpaired) electrons. The molecule has 1 aromatic heterocycles. The first-order valence-corrected chi connectivity index (χ1v) is 5.74. The molecule has 0 atom stereocenters. The van der Waals surface area contributed by atoms with Crippen LogP contribution >= 0.6 is 22.6 Å². The summed E-state index contributed by atoms with van der Waals surface area (Å²) >= 11 is 2.23. The highest BCUT2D eigenvalue weighted by Crippen LogP contribution is 2.11. The molecule has 5 heteroatoms. The molecule has 0 spiro atoms. The summed E-state index contributed by atoms with van der Waals surface area (Å²) in [5.74, 6) is -0.845. The van der Waals surface area contributed by atoms with Crippen molar-refractivity contribution in [3.63, 3.8) is 0 Å². The Hall–Kier alpha value is -1.37. The molecule has 2 rings (SSSR count). The first kappa shape index (κ1) is 11.1. The van der Waals surface area contributed by atoms with E-state index in [4.69, 9.17) is 5.11 Å². The monoisotopic (exact) mass is 328 g/mol. The van der Waals surface area contributed by atoms with Gasteiger partial charge in [-0.2, -0.15) is 5.10 Å². The summed E-state index contributed by atoms with van der Waals surface area (Å²) in [5.41, 5.74) is 1.63. The normalized spacial score (nSPS) is 10.3. The first-order valence-electron chi connectivity index (χ1n) is 4.66. The third-order valence-electron chi connectivity index (χ3n) is 2.08. The molecule has 0 amide bonds. The molecule has 2 aromatic rings. The smallest absolute Gasteiger partial charge is 0.307 e. The third-order valence-corrected chi connectivity index (χ3v) is 2.80. The molecule has 1 heterocycles. The van der Waals surface area contributed by atoms with Crippen LogP contribution in [0.1, 0.15) is 5.56 Å². The van der Waals surface area contributed by atoms with Gasteiger partial charge in [0.1, 0.15) is 0 Å². The second-order valence-corrected chi connectivity index (χ2v) is 4.59. The Morgan fingerprint density at radius 3 is 2.69 bits per heavy atom. The minimum Gasteiger partial charge on any atom is -0.481 e. The van der Waals surface area contributed by atoms with Crippen LogP contribution in [0.3, 0.4) is 0 Å². The fourth-order valence-corrected chi connectivity index (χ4v) is 1.72. The van der Waals surface area contributed by atoms with Crippen molar-refractivity contribution in [2.45, 2.75) is 6.42 Å². The zero-order chi connectivity index (χ0) is 11.5. The van der Waals surface area contributed by atoms with E-state index >= 15 is 0 Å². The van der Waals surface area contributed by atoms with E-state index < -0.39 is 5.97 Å². The summed E-state index contributed by atoms with van der Waals surface area (Å²) < 4.78 is 2.83. The Bertz CT molecular complexity index is 505. The zero-order valence-corrected chi connectivity index (χ0v) is 10.5. The van der Waals surface area contributed by atoms with Gasteiger partial charge in [-0.15, -0.1) is 0 Å². The lowest BCUT2D eigenvalue weighted by Gasteiger charge is -2.00. The average molecular weight is 328 g/mol. The molecule has 0 fully saturated rings. The standard InChI is InChI=1S/C11H9IN2O2/c12-9-1-3-10(4-2-9)14-7-8(6-13-14)5-11(15)16/h1-4,6-7H,5H2,(H,15,16). The van der Waals surface area contributed by atoms with Gasteiger partial charge in [-0.05, 0) is 46.9 Å². The number of benzene rings is 1. The largest absolute Gasteiger partial charge is 0.481 e. The van der Waals surface area contributed by atoms with Crippen molar-refractivity contribution in [3.05, 3.63) is 45.8 Å². The average Bonchev–Trinajstić information content (AvgIpc) is 2.66. The van der Waals surface area contributed by atoms with Crippen molar-refractivity contribution in [2.75, 3.05) is 0 Å². The number of aliphatic carboxylic acids is 1. The van der Waals surface area contributed by atoms with Crippen LogP contribution in [0.5, 0.6) is 0 Å². The van der Waals surface area contributed by atoms with Crippen molar-refractivity contribution >= 4 is 28.6 Å². The van der Waals surface area contributed by atoms with Crippen molar-refractivity contribution in [1.82, 2.24) is 9.78 Å². The summed E-state index contributed by atoms with van der Waals surface area (Å²) in [6.45, 7) is 0. The Labute approximate surface area is 106 Å². The highest BCUT2D eigenvalue weighted by Gasteiger charge is 2.04. The maximum atomic E-state index is 10.5. The Morgan fingerprint density at radius 2 is 2.06 bits per heavy atom. The summed E-state index contributed by atoms with van der Waals surface area (Å²) in [6.07, 6.45) is 3.31. The molecule has 0 aliphatic heterocycles. The molecule has 0 bridgehead atoms. The fourth-order valence-electron chi connectivity index (χ4n) is 1.36. The topological polar surface area (TPSA) is 55.1 Å². The number of hydrogen-bond acceptors (Lipinski definition) is 2. The summed E-state index contributed by atoms with van der Waals surface area (Å²) in [5, 5.41) is 12.8. The van der Waals surface area contributed by atoms with Gasteiger partial charge in [0.25, 0.3) is 0 Å². The van der Waals surface area contributed by atoms with Crippen molar-refractivity contribution in [3.8, 4) is 5.69 Å². The van der Waals surface area contributed by atoms with Crippen molar-refractivity contribution in [2.24, 2.45) is 0 Å². The van der Waals surface area contributed by atoms with E-state index in [9.17, 15) is 4.79 Å². The van der Waals surface area contributed by atoms with E-state index in [-0.39, 0.29) is 6.42 Å². The number of nitrogens with zero attached hydrogens (tertiary/aromatic N) is 2. The van der Waals surface area contributed by atoms with Gasteiger partial charge < -0.3 is 5.11 Å². The van der Waals surface area contributed by atoms with Crippen molar-refractivity contribution < 1.29 is 9.90 Å². The summed E-state index contributed by atoms with van der Waals surface area (Å²) in [4.78, 5) is 10.5. The summed E-state index contributed by atoms with van der Waals surface area (Å²) in [6, 6.07) is 7.85. The van der Waals surface area contributed by atoms with E-state index in [1.54, 1.807) is 17.1 Å². The molecular weight excluding hydrogens is 319 g/mol. The van der Waals surface area contributed by atoms with Gasteiger partial charge in [-0.1, -0.05) is 0 Å². The number of carboxylic acids is 1. The minimum absolute atomic E-state index is 0.00433. The van der Waals surface area contributed by atoms with Crippen LogP contribution in [0.25, 0.3) is 5.69 Å². The molecule has 0 aliphatic rings. The lowest BCUT2D eigenvalue weighted by atomic mass is 10.2. The third kappa shape index (κ3) is 2.60. The van der Waals surface area contributed by atoms with E-state index in [1.165, 1.54) is 0 Å². The number of carboxylic acid groups (broad SMARTS) is 1. The number of aromatic nitrogens is 2. The number of rotatable bonds is 3. The van der Waals surface area contributed by atoms with Crippen LogP contribution < -0.4 is 0 Å². The number of carbonyl (C=O) groups is 1. The highest BCUT2D eigenvalue weighted by atomic mass is 127. The molecule has 1 aromatic carbocycles. The Balaban J connectivity index is 2.24. The maximum absolute atomic E-state index is 10.5. The lowest BCUT2D eigenvalue weighted by molar-refractivity contribution is -0.136. The lowest BCUT2D eigenvalue weighted by Crippen LogP contribution is -1.98. The molecule has 1 N–H and O–H groups in total. The van der Waals surface area contributed by atoms with Crippen LogP contribution in [0, 0.1) is 3.57 Å². The molecule has 0 aliphatic carbocycles. The molecular formula is C11H9IN2O2. The van der Waals surface area contributed by atoms with Gasteiger partial charge in [0.2, 0.25) is 0 Å². The van der Waals surface area contributed by atoms with Gasteiger partial charge in [0.05, 0.1) is 18.3 Å². The quantitative estimate of drug-likeness (QED) is 0.878. The summed E-state index contributed by atoms with van der Waals surface area (Å²) in [7, 11) is 0. The molecule has 0 unspecified atom stereocenters. The molecule has 0 saturated carbocycles. The number of hydrogen-bond donors (Lipinski definition) is 1. The number of halogens is 1. The molecule has 0 saturated heterocycles. The van der Waals surface area contributed by atoms with Gasteiger partial charge >= 0.3 is 5.97 Å². The van der Waals surface area contributed by atoms with Gasteiger partial charge in [0.15, 0.2) is 0 Å². The zero-order valence-electron chi connectivity index (χ0n) is 8.30. The Morgan fingerprint density at radius 1 is 1.38 bits per heavy atom. The van der Waals surface area contributed by atoms with Gasteiger partial charge in [-0.25, -0.2) is 4.68 Å². The second kappa shape index (κ2) is 4.65. The van der Waals surface area contributed by atoms with Crippen LogP contribution in [0.4, 0.5) is 0 Å². The Kier molecular flexibility index (Phi) is 3.23. The molecule has 4 nitrogen and oxygen atoms in total. The fraction of sp³-hybridized carbons (Fsp3) is 0.0909. The highest BCUT2D eigenvalue weighted by molar-refractivity contribution is 14.1. The molecule has 16 heavy (non-hydrogen) atoms. The first-order chi connectivity index (χ1) is 7.65. The molecule has 82 valence electrons. The van der Waals surface area contributed by atoms with Gasteiger partial charge in [0, 0.05) is 15.3 Å². The van der Waals surface area contributed by atoms with E-state index in [0.717, 1.165) is 9.26 Å². The van der Waals surface area contributed by atoms with E-state index in [1.807, 2.05) is 24.3 Å².